The maximum Gasteiger partial charge on any atom is 0.300 e. The van der Waals surface area contributed by atoms with Gasteiger partial charge in [-0.2, -0.15) is 5.26 Å². The van der Waals surface area contributed by atoms with Crippen LogP contribution in [-0.2, 0) is 9.59 Å². The molecule has 1 fully saturated rings. The molecule has 1 heterocycles. The molecule has 1 aliphatic rings. The van der Waals surface area contributed by atoms with Crippen LogP contribution < -0.4 is 14.4 Å². The van der Waals surface area contributed by atoms with Crippen LogP contribution in [-0.4, -0.2) is 31.0 Å². The van der Waals surface area contributed by atoms with Crippen LogP contribution in [0, 0.1) is 11.3 Å². The molecule has 0 saturated carbocycles. The van der Waals surface area contributed by atoms with Crippen molar-refractivity contribution in [2.45, 2.75) is 6.04 Å². The number of rotatable bonds is 5. The molecule has 0 spiro atoms. The largest absolute Gasteiger partial charge is 0.507 e. The summed E-state index contributed by atoms with van der Waals surface area (Å²) in [6, 6.07) is 21.1. The lowest BCUT2D eigenvalue weighted by atomic mass is 9.94. The number of nitrogens with zero attached hydrogens (tertiary/aromatic N) is 2. The van der Waals surface area contributed by atoms with Crippen LogP contribution >= 0.6 is 0 Å². The standard InChI is InChI=1S/C26H20N2O5/c1-32-19-7-5-6-17(14-19)23-22(24(29)20-8-3-4-9-21(20)33-2)25(30)26(31)28(23)18-12-10-16(15-27)11-13-18/h3-14,23,29H,1-2H3/b24-22-. The third-order valence-corrected chi connectivity index (χ3v) is 5.49. The van der Waals surface area contributed by atoms with Crippen molar-refractivity contribution in [3.05, 3.63) is 95.1 Å². The van der Waals surface area contributed by atoms with Gasteiger partial charge in [-0.05, 0) is 54.1 Å². The summed E-state index contributed by atoms with van der Waals surface area (Å²) in [4.78, 5) is 27.8. The van der Waals surface area contributed by atoms with E-state index in [4.69, 9.17) is 14.7 Å². The van der Waals surface area contributed by atoms with E-state index in [0.29, 0.717) is 33.9 Å². The Hall–Kier alpha value is -4.57. The van der Waals surface area contributed by atoms with Gasteiger partial charge in [0.25, 0.3) is 11.7 Å². The lowest BCUT2D eigenvalue weighted by Crippen LogP contribution is -2.29. The molecule has 0 radical (unpaired) electrons. The summed E-state index contributed by atoms with van der Waals surface area (Å²) in [7, 11) is 2.98. The number of ether oxygens (including phenoxy) is 2. The maximum absolute atomic E-state index is 13.2. The van der Waals surface area contributed by atoms with E-state index in [2.05, 4.69) is 0 Å². The lowest BCUT2D eigenvalue weighted by molar-refractivity contribution is -0.132. The van der Waals surface area contributed by atoms with Crippen molar-refractivity contribution in [3.8, 4) is 17.6 Å². The van der Waals surface area contributed by atoms with Gasteiger partial charge in [0.15, 0.2) is 0 Å². The van der Waals surface area contributed by atoms with Crippen LogP contribution in [0.1, 0.15) is 22.7 Å². The Morgan fingerprint density at radius 2 is 1.70 bits per heavy atom. The minimum absolute atomic E-state index is 0.0675. The second-order valence-corrected chi connectivity index (χ2v) is 7.30. The number of ketones is 1. The highest BCUT2D eigenvalue weighted by molar-refractivity contribution is 6.51. The van der Waals surface area contributed by atoms with Crippen molar-refractivity contribution in [3.63, 3.8) is 0 Å². The summed E-state index contributed by atoms with van der Waals surface area (Å²) >= 11 is 0. The van der Waals surface area contributed by atoms with Crippen LogP contribution in [0.15, 0.2) is 78.4 Å². The zero-order valence-corrected chi connectivity index (χ0v) is 18.0. The average Bonchev–Trinajstić information content (AvgIpc) is 3.13. The average molecular weight is 440 g/mol. The first-order valence-electron chi connectivity index (χ1n) is 10.1. The predicted octanol–water partition coefficient (Wildman–Crippen LogP) is 4.20. The Balaban J connectivity index is 1.97. The van der Waals surface area contributed by atoms with E-state index in [9.17, 15) is 14.7 Å². The zero-order chi connectivity index (χ0) is 23.5. The number of benzene rings is 3. The number of Topliss-reactive ketones (excluding diaryl/α,β-unsaturated/α-hetero) is 1. The number of para-hydroxylation sites is 1. The maximum atomic E-state index is 13.2. The minimum atomic E-state index is -0.919. The van der Waals surface area contributed by atoms with E-state index in [-0.39, 0.29) is 11.3 Å². The number of carbonyl (C=O) groups is 2. The zero-order valence-electron chi connectivity index (χ0n) is 18.0. The normalized spacial score (nSPS) is 17.0. The molecule has 4 rings (SSSR count). The summed E-state index contributed by atoms with van der Waals surface area (Å²) in [5.74, 6) is -1.05. The molecule has 0 aliphatic carbocycles. The first kappa shape index (κ1) is 21.7. The van der Waals surface area contributed by atoms with Crippen molar-refractivity contribution in [2.75, 3.05) is 19.1 Å². The molecule has 3 aromatic carbocycles. The molecule has 0 aromatic heterocycles. The lowest BCUT2D eigenvalue weighted by Gasteiger charge is -2.26. The van der Waals surface area contributed by atoms with Crippen LogP contribution in [0.4, 0.5) is 5.69 Å². The second-order valence-electron chi connectivity index (χ2n) is 7.30. The Labute approximate surface area is 190 Å². The van der Waals surface area contributed by atoms with Crippen LogP contribution in [0.5, 0.6) is 11.5 Å². The number of nitriles is 1. The highest BCUT2D eigenvalue weighted by atomic mass is 16.5. The van der Waals surface area contributed by atoms with Crippen molar-refractivity contribution in [1.29, 1.82) is 5.26 Å². The van der Waals surface area contributed by atoms with E-state index in [1.807, 2.05) is 6.07 Å². The second kappa shape index (κ2) is 8.89. The van der Waals surface area contributed by atoms with Gasteiger partial charge in [-0.1, -0.05) is 24.3 Å². The molecule has 1 aliphatic heterocycles. The van der Waals surface area contributed by atoms with Gasteiger partial charge in [0.05, 0.1) is 43.0 Å². The molecule has 164 valence electrons. The number of aliphatic hydroxyl groups is 1. The fourth-order valence-corrected chi connectivity index (χ4v) is 3.91. The first-order chi connectivity index (χ1) is 16.0. The van der Waals surface area contributed by atoms with E-state index >= 15 is 0 Å². The first-order valence-corrected chi connectivity index (χ1v) is 10.1. The molecular weight excluding hydrogens is 420 g/mol. The van der Waals surface area contributed by atoms with Crippen molar-refractivity contribution < 1.29 is 24.2 Å². The van der Waals surface area contributed by atoms with Crippen molar-refractivity contribution in [2.24, 2.45) is 0 Å². The molecule has 0 bridgehead atoms. The number of hydrogen-bond acceptors (Lipinski definition) is 6. The molecular formula is C26H20N2O5. The molecule has 3 aromatic rings. The Morgan fingerprint density at radius 1 is 0.970 bits per heavy atom. The highest BCUT2D eigenvalue weighted by Crippen LogP contribution is 2.43. The fourth-order valence-electron chi connectivity index (χ4n) is 3.91. The van der Waals surface area contributed by atoms with E-state index < -0.39 is 17.7 Å². The van der Waals surface area contributed by atoms with Gasteiger partial charge < -0.3 is 14.6 Å². The van der Waals surface area contributed by atoms with E-state index in [0.717, 1.165) is 0 Å². The summed E-state index contributed by atoms with van der Waals surface area (Å²) < 4.78 is 10.7. The Bertz CT molecular complexity index is 1300. The number of aliphatic hydroxyl groups excluding tert-OH is 1. The van der Waals surface area contributed by atoms with Crippen molar-refractivity contribution >= 4 is 23.1 Å². The number of hydrogen-bond donors (Lipinski definition) is 1. The number of amides is 1. The van der Waals surface area contributed by atoms with Gasteiger partial charge in [0, 0.05) is 5.69 Å². The van der Waals surface area contributed by atoms with Crippen LogP contribution in [0.2, 0.25) is 0 Å². The van der Waals surface area contributed by atoms with Gasteiger partial charge in [-0.3, -0.25) is 14.5 Å². The third-order valence-electron chi connectivity index (χ3n) is 5.49. The van der Waals surface area contributed by atoms with Crippen LogP contribution in [0.25, 0.3) is 5.76 Å². The number of methoxy groups -OCH3 is 2. The molecule has 7 nitrogen and oxygen atoms in total. The van der Waals surface area contributed by atoms with E-state index in [1.54, 1.807) is 72.8 Å². The highest BCUT2D eigenvalue weighted by Gasteiger charge is 2.47. The summed E-state index contributed by atoms with van der Waals surface area (Å²) in [6.07, 6.45) is 0. The van der Waals surface area contributed by atoms with E-state index in [1.165, 1.54) is 19.1 Å². The molecule has 1 amide bonds. The Kier molecular flexibility index (Phi) is 5.83. The van der Waals surface area contributed by atoms with Gasteiger partial charge >= 0.3 is 0 Å². The molecule has 1 saturated heterocycles. The molecule has 1 N–H and O–H groups in total. The monoisotopic (exact) mass is 440 g/mol. The fraction of sp³-hybridized carbons (Fsp3) is 0.115. The van der Waals surface area contributed by atoms with Gasteiger partial charge in [0.1, 0.15) is 17.3 Å². The molecule has 33 heavy (non-hydrogen) atoms. The Morgan fingerprint density at radius 3 is 2.36 bits per heavy atom. The number of carbonyl (C=O) groups excluding carboxylic acids is 2. The SMILES string of the molecule is COc1cccc(C2/C(=C(/O)c3ccccc3OC)C(=O)C(=O)N2c2ccc(C#N)cc2)c1. The van der Waals surface area contributed by atoms with Gasteiger partial charge in [-0.25, -0.2) is 0 Å². The molecule has 7 heteroatoms. The minimum Gasteiger partial charge on any atom is -0.507 e. The third kappa shape index (κ3) is 3.79. The molecule has 1 unspecified atom stereocenters. The van der Waals surface area contributed by atoms with Crippen molar-refractivity contribution in [1.82, 2.24) is 0 Å². The summed E-state index contributed by atoms with van der Waals surface area (Å²) in [6.45, 7) is 0. The smallest absolute Gasteiger partial charge is 0.300 e. The van der Waals surface area contributed by atoms with Gasteiger partial charge in [0.2, 0.25) is 0 Å². The summed E-state index contributed by atoms with van der Waals surface area (Å²) in [5.41, 5.74) is 1.65. The molecule has 1 atom stereocenters. The van der Waals surface area contributed by atoms with Gasteiger partial charge in [-0.15, -0.1) is 0 Å². The predicted molar refractivity (Wildman–Crippen MR) is 122 cm³/mol. The quantitative estimate of drug-likeness (QED) is 0.363. The van der Waals surface area contributed by atoms with Crippen LogP contribution in [0.3, 0.4) is 0 Å². The number of anilines is 1. The topological polar surface area (TPSA) is 99.9 Å². The summed E-state index contributed by atoms with van der Waals surface area (Å²) in [5, 5.41) is 20.4.